The van der Waals surface area contributed by atoms with Crippen LogP contribution in [0.2, 0.25) is 0 Å². The summed E-state index contributed by atoms with van der Waals surface area (Å²) in [5.41, 5.74) is 2.79. The number of hydrogen-bond acceptors (Lipinski definition) is 2. The summed E-state index contributed by atoms with van der Waals surface area (Å²) in [6.07, 6.45) is 4.59. The largest absolute Gasteiger partial charge is 0.309 e. The van der Waals surface area contributed by atoms with Crippen molar-refractivity contribution in [2.45, 2.75) is 29.6 Å². The minimum absolute atomic E-state index is 1.14. The van der Waals surface area contributed by atoms with Gasteiger partial charge < -0.3 is 4.90 Å². The van der Waals surface area contributed by atoms with Gasteiger partial charge in [0.1, 0.15) is 0 Å². The second-order valence-electron chi connectivity index (χ2n) is 5.66. The van der Waals surface area contributed by atoms with E-state index in [2.05, 4.69) is 86.6 Å². The van der Waals surface area contributed by atoms with Crippen LogP contribution in [0, 0.1) is 0 Å². The lowest BCUT2D eigenvalue weighted by molar-refractivity contribution is 0.403. The third-order valence-corrected chi connectivity index (χ3v) is 4.62. The maximum atomic E-state index is 2.25. The summed E-state index contributed by atoms with van der Waals surface area (Å²) in [5, 5.41) is 0. The summed E-state index contributed by atoms with van der Waals surface area (Å²) in [6, 6.07) is 19.5. The maximum Gasteiger partial charge on any atom is 0.0122 e. The van der Waals surface area contributed by atoms with Gasteiger partial charge in [-0.3, -0.25) is 0 Å². The summed E-state index contributed by atoms with van der Waals surface area (Å²) in [5.74, 6) is 0. The third-order valence-electron chi connectivity index (χ3n) is 3.60. The van der Waals surface area contributed by atoms with Gasteiger partial charge in [-0.2, -0.15) is 0 Å². The van der Waals surface area contributed by atoms with E-state index in [4.69, 9.17) is 0 Å². The molecule has 0 heterocycles. The van der Waals surface area contributed by atoms with E-state index in [0.717, 1.165) is 13.0 Å². The van der Waals surface area contributed by atoms with E-state index in [1.807, 2.05) is 11.8 Å². The number of hydrogen-bond donors (Lipinski definition) is 0. The Morgan fingerprint density at radius 1 is 0.955 bits per heavy atom. The first-order valence-electron chi connectivity index (χ1n) is 7.82. The summed E-state index contributed by atoms with van der Waals surface area (Å²) in [7, 11) is 4.26. The number of nitrogens with zero attached hydrogens (tertiary/aromatic N) is 1. The van der Waals surface area contributed by atoms with E-state index in [9.17, 15) is 0 Å². The molecule has 0 aromatic heterocycles. The lowest BCUT2D eigenvalue weighted by Gasteiger charge is -2.12. The Labute approximate surface area is 139 Å². The fourth-order valence-electron chi connectivity index (χ4n) is 2.40. The molecular weight excluding hydrogens is 286 g/mol. The van der Waals surface area contributed by atoms with Gasteiger partial charge in [-0.05, 0) is 75.8 Å². The normalized spacial score (nSPS) is 11.9. The van der Waals surface area contributed by atoms with Gasteiger partial charge in [-0.25, -0.2) is 0 Å². The van der Waals surface area contributed by atoms with Crippen molar-refractivity contribution < 1.29 is 0 Å². The first-order chi connectivity index (χ1) is 10.7. The quantitative estimate of drug-likeness (QED) is 0.656. The smallest absolute Gasteiger partial charge is 0.0122 e. The van der Waals surface area contributed by atoms with Crippen LogP contribution in [0.4, 0.5) is 0 Å². The molecule has 0 aliphatic carbocycles. The second kappa shape index (κ2) is 8.82. The molecule has 0 spiro atoms. The zero-order chi connectivity index (χ0) is 15.8. The van der Waals surface area contributed by atoms with Crippen LogP contribution in [0.5, 0.6) is 0 Å². The van der Waals surface area contributed by atoms with Gasteiger partial charge in [0.15, 0.2) is 0 Å². The highest BCUT2D eigenvalue weighted by molar-refractivity contribution is 7.99. The predicted molar refractivity (Wildman–Crippen MR) is 98.4 cm³/mol. The molecule has 0 amide bonds. The van der Waals surface area contributed by atoms with Gasteiger partial charge in [-0.15, -0.1) is 0 Å². The Kier molecular flexibility index (Phi) is 6.75. The monoisotopic (exact) mass is 311 g/mol. The molecule has 0 saturated heterocycles. The van der Waals surface area contributed by atoms with Crippen molar-refractivity contribution in [2.24, 2.45) is 0 Å². The zero-order valence-electron chi connectivity index (χ0n) is 13.8. The van der Waals surface area contributed by atoms with Crippen LogP contribution in [0.1, 0.15) is 25.3 Å². The van der Waals surface area contributed by atoms with Crippen molar-refractivity contribution >= 4 is 17.3 Å². The lowest BCUT2D eigenvalue weighted by Crippen LogP contribution is -2.12. The van der Waals surface area contributed by atoms with Crippen LogP contribution >= 0.6 is 11.8 Å². The zero-order valence-corrected chi connectivity index (χ0v) is 14.6. The van der Waals surface area contributed by atoms with Gasteiger partial charge >= 0.3 is 0 Å². The molecule has 2 aromatic carbocycles. The molecule has 2 rings (SSSR count). The van der Waals surface area contributed by atoms with Crippen LogP contribution in [0.3, 0.4) is 0 Å². The predicted octanol–water partition coefficient (Wildman–Crippen LogP) is 5.58. The molecule has 0 N–H and O–H groups in total. The Morgan fingerprint density at radius 3 is 2.18 bits per heavy atom. The van der Waals surface area contributed by atoms with Crippen molar-refractivity contribution in [3.8, 4) is 0 Å². The maximum absolute atomic E-state index is 2.25. The molecule has 0 unspecified atom stereocenters. The first-order valence-corrected chi connectivity index (χ1v) is 8.64. The van der Waals surface area contributed by atoms with Crippen LogP contribution in [-0.2, 0) is 0 Å². The molecule has 116 valence electrons. The molecule has 2 heteroatoms. The average molecular weight is 311 g/mol. The van der Waals surface area contributed by atoms with Gasteiger partial charge in [0.2, 0.25) is 0 Å². The molecule has 0 bridgehead atoms. The van der Waals surface area contributed by atoms with Gasteiger partial charge in [0, 0.05) is 9.79 Å². The van der Waals surface area contributed by atoms with Crippen LogP contribution in [0.15, 0.2) is 70.5 Å². The van der Waals surface area contributed by atoms with Gasteiger partial charge in [-0.1, -0.05) is 48.2 Å². The number of benzene rings is 2. The molecule has 0 aliphatic rings. The molecule has 0 radical (unpaired) electrons. The molecule has 22 heavy (non-hydrogen) atoms. The lowest BCUT2D eigenvalue weighted by atomic mass is 10.0. The number of rotatable bonds is 7. The minimum Gasteiger partial charge on any atom is -0.309 e. The Balaban J connectivity index is 1.98. The van der Waals surface area contributed by atoms with E-state index in [-0.39, 0.29) is 0 Å². The Hall–Kier alpha value is -1.51. The van der Waals surface area contributed by atoms with Crippen LogP contribution in [0.25, 0.3) is 5.57 Å². The highest BCUT2D eigenvalue weighted by Gasteiger charge is 2.03. The van der Waals surface area contributed by atoms with Crippen molar-refractivity contribution in [1.82, 2.24) is 4.90 Å². The minimum atomic E-state index is 1.14. The van der Waals surface area contributed by atoms with E-state index < -0.39 is 0 Å². The Bertz CT molecular complexity index is 585. The second-order valence-corrected chi connectivity index (χ2v) is 6.81. The van der Waals surface area contributed by atoms with Crippen molar-refractivity contribution in [1.29, 1.82) is 0 Å². The summed E-state index contributed by atoms with van der Waals surface area (Å²) >= 11 is 1.81. The van der Waals surface area contributed by atoms with E-state index in [0.29, 0.717) is 0 Å². The van der Waals surface area contributed by atoms with Crippen molar-refractivity contribution in [3.05, 3.63) is 66.2 Å². The average Bonchev–Trinajstić information content (AvgIpc) is 2.53. The van der Waals surface area contributed by atoms with E-state index in [1.54, 1.807) is 0 Å². The fraction of sp³-hybridized carbons (Fsp3) is 0.300. The van der Waals surface area contributed by atoms with Crippen LogP contribution < -0.4 is 0 Å². The molecule has 0 atom stereocenters. The molecule has 1 nitrogen and oxygen atoms in total. The molecule has 0 saturated carbocycles. The Morgan fingerprint density at radius 2 is 1.59 bits per heavy atom. The highest BCUT2D eigenvalue weighted by Crippen LogP contribution is 2.29. The topological polar surface area (TPSA) is 3.24 Å². The SMILES string of the molecule is CC=C(CCCN(C)C)c1ccc(Sc2ccccc2)cc1. The van der Waals surface area contributed by atoms with E-state index >= 15 is 0 Å². The highest BCUT2D eigenvalue weighted by atomic mass is 32.2. The standard InChI is InChI=1S/C20H25NS/c1-4-17(9-8-16-21(2)3)18-12-14-20(15-13-18)22-19-10-6-5-7-11-19/h4-7,10-15H,8-9,16H2,1-3H3. The van der Waals surface area contributed by atoms with Crippen LogP contribution in [-0.4, -0.2) is 25.5 Å². The summed E-state index contributed by atoms with van der Waals surface area (Å²) in [6.45, 7) is 3.27. The molecular formula is C20H25NS. The third kappa shape index (κ3) is 5.36. The first kappa shape index (κ1) is 16.9. The molecule has 0 fully saturated rings. The molecule has 0 aliphatic heterocycles. The summed E-state index contributed by atoms with van der Waals surface area (Å²) in [4.78, 5) is 4.82. The van der Waals surface area contributed by atoms with E-state index in [1.165, 1.54) is 27.3 Å². The van der Waals surface area contributed by atoms with Gasteiger partial charge in [0.25, 0.3) is 0 Å². The fourth-order valence-corrected chi connectivity index (χ4v) is 3.24. The summed E-state index contributed by atoms with van der Waals surface area (Å²) < 4.78 is 0. The van der Waals surface area contributed by atoms with Crippen molar-refractivity contribution in [3.63, 3.8) is 0 Å². The van der Waals surface area contributed by atoms with Gasteiger partial charge in [0.05, 0.1) is 0 Å². The molecule has 2 aromatic rings. The van der Waals surface area contributed by atoms with Crippen molar-refractivity contribution in [2.75, 3.05) is 20.6 Å². The number of allylic oxidation sites excluding steroid dienone is 2.